The number of hydrazine groups is 1. The van der Waals surface area contributed by atoms with Crippen molar-refractivity contribution in [3.05, 3.63) is 71.9 Å². The van der Waals surface area contributed by atoms with Crippen molar-refractivity contribution in [1.82, 2.24) is 21.1 Å². The number of ether oxygens (including phenoxy) is 1. The summed E-state index contributed by atoms with van der Waals surface area (Å²) in [6.07, 6.45) is 3.11. The zero-order valence-electron chi connectivity index (χ0n) is 14.7. The Hall–Kier alpha value is -4.02. The van der Waals surface area contributed by atoms with Gasteiger partial charge < -0.3 is 20.8 Å². The van der Waals surface area contributed by atoms with E-state index in [4.69, 9.17) is 10.8 Å². The Kier molecular flexibility index (Phi) is 5.39. The summed E-state index contributed by atoms with van der Waals surface area (Å²) in [5.74, 6) is -0.784. The molecule has 0 saturated carbocycles. The molecule has 1 aromatic rings. The van der Waals surface area contributed by atoms with Crippen molar-refractivity contribution < 1.29 is 22.7 Å². The highest BCUT2D eigenvalue weighted by atomic mass is 19.4. The van der Waals surface area contributed by atoms with Gasteiger partial charge in [0, 0.05) is 18.0 Å². The van der Waals surface area contributed by atoms with Gasteiger partial charge in [-0.15, -0.1) is 13.2 Å². The molecule has 0 bridgehead atoms. The molecule has 0 aromatic heterocycles. The second-order valence-electron chi connectivity index (χ2n) is 5.69. The smallest absolute Gasteiger partial charge is 0.405 e. The molecule has 8 nitrogen and oxygen atoms in total. The van der Waals surface area contributed by atoms with E-state index in [1.54, 1.807) is 18.2 Å². The van der Waals surface area contributed by atoms with Crippen LogP contribution in [0.5, 0.6) is 5.75 Å². The Morgan fingerprint density at radius 1 is 1.24 bits per heavy atom. The summed E-state index contributed by atoms with van der Waals surface area (Å²) < 4.78 is 42.1. The minimum absolute atomic E-state index is 0.0871. The molecule has 0 fully saturated rings. The van der Waals surface area contributed by atoms with Gasteiger partial charge in [0.05, 0.1) is 5.70 Å². The summed E-state index contributed by atoms with van der Waals surface area (Å²) in [5.41, 5.74) is 3.37. The van der Waals surface area contributed by atoms with Crippen LogP contribution in [0.15, 0.2) is 66.3 Å². The lowest BCUT2D eigenvalue weighted by Crippen LogP contribution is -2.42. The number of rotatable bonds is 5. The van der Waals surface area contributed by atoms with E-state index in [2.05, 4.69) is 20.8 Å². The van der Waals surface area contributed by atoms with E-state index >= 15 is 0 Å². The Balaban J connectivity index is 1.79. The number of nitrogens with one attached hydrogen (secondary N) is 5. The van der Waals surface area contributed by atoms with Crippen molar-refractivity contribution in [3.63, 3.8) is 0 Å². The van der Waals surface area contributed by atoms with Crippen LogP contribution in [0.25, 0.3) is 5.70 Å². The summed E-state index contributed by atoms with van der Waals surface area (Å²) in [5, 5.41) is 21.1. The van der Waals surface area contributed by atoms with Gasteiger partial charge in [0.15, 0.2) is 0 Å². The number of amidine groups is 1. The van der Waals surface area contributed by atoms with E-state index in [1.807, 2.05) is 0 Å². The lowest BCUT2D eigenvalue weighted by atomic mass is 10.1. The average molecular weight is 404 g/mol. The molecule has 5 N–H and O–H groups in total. The average Bonchev–Trinajstić information content (AvgIpc) is 3.09. The van der Waals surface area contributed by atoms with Crippen molar-refractivity contribution in [2.45, 2.75) is 6.36 Å². The van der Waals surface area contributed by atoms with Gasteiger partial charge in [0.25, 0.3) is 5.91 Å². The molecular weight excluding hydrogens is 389 g/mol. The molecule has 2 aliphatic heterocycles. The van der Waals surface area contributed by atoms with Gasteiger partial charge in [0.1, 0.15) is 23.1 Å². The number of alkyl halides is 3. The van der Waals surface area contributed by atoms with Crippen LogP contribution in [-0.4, -0.2) is 29.3 Å². The monoisotopic (exact) mass is 404 g/mol. The van der Waals surface area contributed by atoms with Crippen LogP contribution in [0, 0.1) is 10.8 Å². The third-order valence-electron chi connectivity index (χ3n) is 3.72. The number of carbonyl (C=O) groups excluding carboxylic acids is 1. The molecule has 0 saturated heterocycles. The minimum Gasteiger partial charge on any atom is -0.405 e. The van der Waals surface area contributed by atoms with E-state index < -0.39 is 18.0 Å². The lowest BCUT2D eigenvalue weighted by molar-refractivity contribution is -0.274. The fourth-order valence-corrected chi connectivity index (χ4v) is 2.56. The molecule has 2 heterocycles. The van der Waals surface area contributed by atoms with Crippen LogP contribution >= 0.6 is 0 Å². The molecule has 0 radical (unpaired) electrons. The summed E-state index contributed by atoms with van der Waals surface area (Å²) >= 11 is 0. The molecule has 0 atom stereocenters. The van der Waals surface area contributed by atoms with Crippen molar-refractivity contribution in [3.8, 4) is 5.75 Å². The van der Waals surface area contributed by atoms with E-state index in [9.17, 15) is 18.0 Å². The Labute approximate surface area is 163 Å². The molecule has 29 heavy (non-hydrogen) atoms. The van der Waals surface area contributed by atoms with Gasteiger partial charge in [-0.3, -0.25) is 15.6 Å². The summed E-state index contributed by atoms with van der Waals surface area (Å²) in [7, 11) is 0. The predicted octanol–water partition coefficient (Wildman–Crippen LogP) is 2.33. The van der Waals surface area contributed by atoms with E-state index in [-0.39, 0.29) is 22.8 Å². The van der Waals surface area contributed by atoms with E-state index in [0.29, 0.717) is 5.82 Å². The normalized spacial score (nSPS) is 15.4. The van der Waals surface area contributed by atoms with Gasteiger partial charge in [-0.05, 0) is 36.4 Å². The second kappa shape index (κ2) is 7.92. The Bertz CT molecular complexity index is 978. The third-order valence-corrected chi connectivity index (χ3v) is 3.72. The van der Waals surface area contributed by atoms with Crippen LogP contribution in [-0.2, 0) is 4.79 Å². The zero-order valence-corrected chi connectivity index (χ0v) is 14.7. The number of benzene rings is 1. The largest absolute Gasteiger partial charge is 0.573 e. The second-order valence-corrected chi connectivity index (χ2v) is 5.69. The number of halogens is 3. The highest BCUT2D eigenvalue weighted by Crippen LogP contribution is 2.32. The van der Waals surface area contributed by atoms with Crippen LogP contribution < -0.4 is 20.8 Å². The highest BCUT2D eigenvalue weighted by Gasteiger charge is 2.34. The quantitative estimate of drug-likeness (QED) is 0.382. The van der Waals surface area contributed by atoms with E-state index in [1.165, 1.54) is 41.6 Å². The third kappa shape index (κ3) is 4.64. The lowest BCUT2D eigenvalue weighted by Gasteiger charge is -2.29. The number of hydrogen-bond acceptors (Lipinski definition) is 7. The van der Waals surface area contributed by atoms with Gasteiger partial charge in [-0.25, -0.2) is 5.01 Å². The summed E-state index contributed by atoms with van der Waals surface area (Å²) in [6, 6.07) is 5.61. The fourth-order valence-electron chi connectivity index (χ4n) is 2.56. The molecule has 150 valence electrons. The number of hydrogen-bond donors (Lipinski definition) is 5. The number of para-hydroxylation sites is 1. The Morgan fingerprint density at radius 3 is 2.72 bits per heavy atom. The van der Waals surface area contributed by atoms with Crippen LogP contribution in [0.4, 0.5) is 13.2 Å². The van der Waals surface area contributed by atoms with Crippen molar-refractivity contribution >= 4 is 23.7 Å². The molecule has 11 heteroatoms. The van der Waals surface area contributed by atoms with Crippen LogP contribution in [0.3, 0.4) is 0 Å². The standard InChI is InChI=1S/C18H15F3N6O2/c19-18(20,21)29-14-5-2-1-4-11(14)12-7-8-16-24-10-13(27(16)26-12)17(28)25-15(23)6-3-9-22/h1-10,22,24,26H,(H2,23,25,28). The number of fused-ring (bicyclic) bond motifs is 1. The molecule has 1 aromatic carbocycles. The number of amides is 1. The maximum Gasteiger partial charge on any atom is 0.573 e. The first kappa shape index (κ1) is 19.7. The van der Waals surface area contributed by atoms with Crippen molar-refractivity contribution in [2.75, 3.05) is 0 Å². The highest BCUT2D eigenvalue weighted by molar-refractivity contribution is 6.09. The summed E-state index contributed by atoms with van der Waals surface area (Å²) in [6.45, 7) is 0. The minimum atomic E-state index is -4.85. The van der Waals surface area contributed by atoms with E-state index in [0.717, 1.165) is 6.21 Å². The first-order chi connectivity index (χ1) is 13.8. The molecular formula is C18H15F3N6O2. The topological polar surface area (TPSA) is 113 Å². The van der Waals surface area contributed by atoms with Crippen molar-refractivity contribution in [2.24, 2.45) is 0 Å². The molecule has 0 unspecified atom stereocenters. The zero-order chi connectivity index (χ0) is 21.0. The number of nitrogens with zero attached hydrogens (tertiary/aromatic N) is 1. The fraction of sp³-hybridized carbons (Fsp3) is 0.0556. The van der Waals surface area contributed by atoms with Crippen molar-refractivity contribution in [1.29, 1.82) is 10.8 Å². The molecule has 3 rings (SSSR count). The van der Waals surface area contributed by atoms with Gasteiger partial charge >= 0.3 is 6.36 Å². The van der Waals surface area contributed by atoms with Crippen LogP contribution in [0.1, 0.15) is 5.56 Å². The summed E-state index contributed by atoms with van der Waals surface area (Å²) in [4.78, 5) is 12.4. The maximum absolute atomic E-state index is 12.7. The maximum atomic E-state index is 12.7. The molecule has 0 spiro atoms. The predicted molar refractivity (Wildman–Crippen MR) is 99.2 cm³/mol. The van der Waals surface area contributed by atoms with Gasteiger partial charge in [-0.2, -0.15) is 0 Å². The Morgan fingerprint density at radius 2 is 2.00 bits per heavy atom. The first-order valence-electron chi connectivity index (χ1n) is 8.16. The molecule has 2 aliphatic rings. The van der Waals surface area contributed by atoms with Gasteiger partial charge in [0.2, 0.25) is 0 Å². The number of carbonyl (C=O) groups is 1. The molecule has 1 amide bonds. The number of allylic oxidation sites excluding steroid dienone is 3. The van der Waals surface area contributed by atoms with Crippen LogP contribution in [0.2, 0.25) is 0 Å². The first-order valence-corrected chi connectivity index (χ1v) is 8.16. The van der Waals surface area contributed by atoms with Gasteiger partial charge in [-0.1, -0.05) is 12.1 Å². The SMILES string of the molecule is N=CC=CC(=N)NC(=O)C1=CNC2=CC=C(c3ccccc3OC(F)(F)F)NN21. The molecule has 0 aliphatic carbocycles.